The highest BCUT2D eigenvalue weighted by atomic mass is 35.5. The largest absolute Gasteiger partial charge is 0.358 e. The molecule has 1 aromatic heterocycles. The van der Waals surface area contributed by atoms with E-state index in [1.165, 1.54) is 11.1 Å². The molecule has 1 aromatic carbocycles. The third-order valence-corrected chi connectivity index (χ3v) is 2.52. The molecule has 0 atom stereocenters. The van der Waals surface area contributed by atoms with Gasteiger partial charge in [-0.3, -0.25) is 0 Å². The van der Waals surface area contributed by atoms with Crippen molar-refractivity contribution in [2.24, 2.45) is 0 Å². The van der Waals surface area contributed by atoms with Crippen molar-refractivity contribution in [2.45, 2.75) is 6.42 Å². The quantitative estimate of drug-likeness (QED) is 0.798. The van der Waals surface area contributed by atoms with Gasteiger partial charge in [-0.2, -0.15) is 0 Å². The molecule has 0 aliphatic carbocycles. The Morgan fingerprint density at radius 3 is 3.00 bits per heavy atom. The van der Waals surface area contributed by atoms with Gasteiger partial charge in [0, 0.05) is 28.2 Å². The summed E-state index contributed by atoms with van der Waals surface area (Å²) in [6, 6.07) is 8.05. The molecular formula is C11H13ClN2. The normalized spacial score (nSPS) is 11.0. The number of hydrogen-bond donors (Lipinski definition) is 2. The average molecular weight is 209 g/mol. The summed E-state index contributed by atoms with van der Waals surface area (Å²) < 4.78 is 0. The van der Waals surface area contributed by atoms with Crippen LogP contribution in [0.5, 0.6) is 0 Å². The van der Waals surface area contributed by atoms with Crippen LogP contribution in [0.3, 0.4) is 0 Å². The Morgan fingerprint density at radius 1 is 1.36 bits per heavy atom. The van der Waals surface area contributed by atoms with E-state index in [1.807, 2.05) is 25.2 Å². The maximum Gasteiger partial charge on any atom is 0.0457 e. The number of rotatable bonds is 3. The van der Waals surface area contributed by atoms with Gasteiger partial charge in [0.1, 0.15) is 0 Å². The maximum atomic E-state index is 5.91. The fourth-order valence-corrected chi connectivity index (χ4v) is 1.74. The van der Waals surface area contributed by atoms with Gasteiger partial charge in [0.2, 0.25) is 0 Å². The van der Waals surface area contributed by atoms with Gasteiger partial charge in [0.15, 0.2) is 0 Å². The van der Waals surface area contributed by atoms with Crippen molar-refractivity contribution in [3.8, 4) is 0 Å². The summed E-state index contributed by atoms with van der Waals surface area (Å²) in [5, 5.41) is 5.10. The number of likely N-dealkylation sites (N-methyl/N-ethyl adjacent to an activating group) is 1. The number of H-pyrrole nitrogens is 1. The van der Waals surface area contributed by atoms with Crippen molar-refractivity contribution in [3.63, 3.8) is 0 Å². The molecule has 0 bridgehead atoms. The zero-order chi connectivity index (χ0) is 9.97. The molecule has 2 N–H and O–H groups in total. The molecule has 14 heavy (non-hydrogen) atoms. The summed E-state index contributed by atoms with van der Waals surface area (Å²) in [4.78, 5) is 3.36. The zero-order valence-corrected chi connectivity index (χ0v) is 8.86. The first-order valence-electron chi connectivity index (χ1n) is 4.71. The van der Waals surface area contributed by atoms with Crippen LogP contribution in [0.2, 0.25) is 5.02 Å². The molecule has 0 radical (unpaired) electrons. The highest BCUT2D eigenvalue weighted by Gasteiger charge is 2.00. The number of halogens is 1. The maximum absolute atomic E-state index is 5.91. The smallest absolute Gasteiger partial charge is 0.0457 e. The van der Waals surface area contributed by atoms with Crippen LogP contribution in [-0.2, 0) is 6.42 Å². The Hall–Kier alpha value is -0.990. The molecular weight excluding hydrogens is 196 g/mol. The van der Waals surface area contributed by atoms with E-state index in [2.05, 4.69) is 16.4 Å². The van der Waals surface area contributed by atoms with Crippen molar-refractivity contribution in [1.82, 2.24) is 10.3 Å². The molecule has 0 saturated heterocycles. The van der Waals surface area contributed by atoms with Gasteiger partial charge in [-0.05, 0) is 37.7 Å². The third kappa shape index (κ3) is 1.91. The Balaban J connectivity index is 2.32. The van der Waals surface area contributed by atoms with Crippen LogP contribution in [0.15, 0.2) is 24.3 Å². The summed E-state index contributed by atoms with van der Waals surface area (Å²) >= 11 is 5.91. The third-order valence-electron chi connectivity index (χ3n) is 2.28. The predicted octanol–water partition coefficient (Wildman–Crippen LogP) is 2.58. The summed E-state index contributed by atoms with van der Waals surface area (Å²) in [7, 11) is 1.96. The van der Waals surface area contributed by atoms with Crippen molar-refractivity contribution in [2.75, 3.05) is 13.6 Å². The second-order valence-electron chi connectivity index (χ2n) is 3.38. The van der Waals surface area contributed by atoms with Crippen molar-refractivity contribution < 1.29 is 0 Å². The van der Waals surface area contributed by atoms with Crippen LogP contribution in [0.4, 0.5) is 0 Å². The predicted molar refractivity (Wildman–Crippen MR) is 60.9 cm³/mol. The number of fused-ring (bicyclic) bond motifs is 1. The van der Waals surface area contributed by atoms with Gasteiger partial charge in [-0.15, -0.1) is 0 Å². The first-order chi connectivity index (χ1) is 6.79. The van der Waals surface area contributed by atoms with Gasteiger partial charge >= 0.3 is 0 Å². The molecule has 0 spiro atoms. The lowest BCUT2D eigenvalue weighted by Gasteiger charge is -1.94. The molecule has 0 unspecified atom stereocenters. The lowest BCUT2D eigenvalue weighted by molar-refractivity contribution is 0.781. The SMILES string of the molecule is CNCCc1cc2cc(Cl)ccc2[nH]1. The Kier molecular flexibility index (Phi) is 2.75. The molecule has 2 rings (SSSR count). The first-order valence-corrected chi connectivity index (χ1v) is 5.09. The van der Waals surface area contributed by atoms with E-state index in [0.29, 0.717) is 0 Å². The standard InChI is InChI=1S/C11H13ClN2/c1-13-5-4-10-7-8-6-9(12)2-3-11(8)14-10/h2-3,6-7,13-14H,4-5H2,1H3. The van der Waals surface area contributed by atoms with E-state index in [-0.39, 0.29) is 0 Å². The molecule has 3 heteroatoms. The minimum atomic E-state index is 0.789. The van der Waals surface area contributed by atoms with Crippen LogP contribution in [0.25, 0.3) is 10.9 Å². The van der Waals surface area contributed by atoms with Crippen LogP contribution in [0.1, 0.15) is 5.69 Å². The van der Waals surface area contributed by atoms with Crippen LogP contribution >= 0.6 is 11.6 Å². The van der Waals surface area contributed by atoms with Gasteiger partial charge in [0.25, 0.3) is 0 Å². The minimum absolute atomic E-state index is 0.789. The molecule has 74 valence electrons. The van der Waals surface area contributed by atoms with E-state index in [9.17, 15) is 0 Å². The van der Waals surface area contributed by atoms with Gasteiger partial charge in [-0.25, -0.2) is 0 Å². The topological polar surface area (TPSA) is 27.8 Å². The Bertz CT molecular complexity index is 434. The molecule has 1 heterocycles. The van der Waals surface area contributed by atoms with E-state index in [1.54, 1.807) is 0 Å². The van der Waals surface area contributed by atoms with Crippen molar-refractivity contribution >= 4 is 22.5 Å². The van der Waals surface area contributed by atoms with E-state index < -0.39 is 0 Å². The molecule has 0 saturated carbocycles. The van der Waals surface area contributed by atoms with Gasteiger partial charge in [-0.1, -0.05) is 11.6 Å². The molecule has 0 amide bonds. The highest BCUT2D eigenvalue weighted by Crippen LogP contribution is 2.20. The first kappa shape index (κ1) is 9.56. The molecule has 0 aliphatic heterocycles. The van der Waals surface area contributed by atoms with Gasteiger partial charge in [0.05, 0.1) is 0 Å². The number of aromatic amines is 1. The summed E-state index contributed by atoms with van der Waals surface area (Å²) in [6.45, 7) is 0.987. The summed E-state index contributed by atoms with van der Waals surface area (Å²) in [5.74, 6) is 0. The number of hydrogen-bond acceptors (Lipinski definition) is 1. The lowest BCUT2D eigenvalue weighted by Crippen LogP contribution is -2.10. The van der Waals surface area contributed by atoms with Crippen LogP contribution < -0.4 is 5.32 Å². The molecule has 0 aliphatic rings. The second kappa shape index (κ2) is 4.03. The van der Waals surface area contributed by atoms with E-state index in [0.717, 1.165) is 23.5 Å². The fraction of sp³-hybridized carbons (Fsp3) is 0.273. The van der Waals surface area contributed by atoms with E-state index in [4.69, 9.17) is 11.6 Å². The highest BCUT2D eigenvalue weighted by molar-refractivity contribution is 6.31. The minimum Gasteiger partial charge on any atom is -0.358 e. The van der Waals surface area contributed by atoms with Crippen LogP contribution in [-0.4, -0.2) is 18.6 Å². The lowest BCUT2D eigenvalue weighted by atomic mass is 10.2. The van der Waals surface area contributed by atoms with Crippen molar-refractivity contribution in [3.05, 3.63) is 35.0 Å². The van der Waals surface area contributed by atoms with Crippen molar-refractivity contribution in [1.29, 1.82) is 0 Å². The summed E-state index contributed by atoms with van der Waals surface area (Å²) in [6.07, 6.45) is 1.02. The number of nitrogens with one attached hydrogen (secondary N) is 2. The van der Waals surface area contributed by atoms with Crippen LogP contribution in [0, 0.1) is 0 Å². The van der Waals surface area contributed by atoms with Gasteiger partial charge < -0.3 is 10.3 Å². The summed E-state index contributed by atoms with van der Waals surface area (Å²) in [5.41, 5.74) is 2.40. The Labute approximate surface area is 88.3 Å². The molecule has 2 aromatic rings. The fourth-order valence-electron chi connectivity index (χ4n) is 1.56. The number of aromatic nitrogens is 1. The molecule has 0 fully saturated rings. The molecule has 2 nitrogen and oxygen atoms in total. The monoisotopic (exact) mass is 208 g/mol. The Morgan fingerprint density at radius 2 is 2.21 bits per heavy atom. The zero-order valence-electron chi connectivity index (χ0n) is 8.10. The number of benzene rings is 1. The average Bonchev–Trinajstić information content (AvgIpc) is 2.56. The second-order valence-corrected chi connectivity index (χ2v) is 3.82. The van der Waals surface area contributed by atoms with E-state index >= 15 is 0 Å².